The van der Waals surface area contributed by atoms with Crippen molar-refractivity contribution < 1.29 is 23.7 Å². The average molecular weight is 409 g/mol. The topological polar surface area (TPSA) is 64.3 Å². The molecule has 1 aliphatic heterocycles. The molecule has 6 nitrogen and oxygen atoms in total. The molecule has 158 valence electrons. The van der Waals surface area contributed by atoms with Gasteiger partial charge in [-0.3, -0.25) is 4.90 Å². The molecule has 1 aromatic heterocycles. The van der Waals surface area contributed by atoms with Crippen LogP contribution in [-0.2, 0) is 24.4 Å². The summed E-state index contributed by atoms with van der Waals surface area (Å²) in [5, 5.41) is 10.6. The van der Waals surface area contributed by atoms with E-state index >= 15 is 0 Å². The number of aliphatic hydroxyl groups is 1. The first-order chi connectivity index (χ1) is 14.7. The van der Waals surface area contributed by atoms with Gasteiger partial charge in [0.15, 0.2) is 11.5 Å². The number of aryl methyl sites for hydroxylation is 1. The molecular formula is C24H27NO5. The Morgan fingerprint density at radius 3 is 2.73 bits per heavy atom. The van der Waals surface area contributed by atoms with E-state index in [4.69, 9.17) is 18.6 Å². The molecule has 1 aliphatic rings. The van der Waals surface area contributed by atoms with E-state index in [2.05, 4.69) is 24.0 Å². The Morgan fingerprint density at radius 2 is 1.90 bits per heavy atom. The average Bonchev–Trinajstić information content (AvgIpc) is 3.41. The van der Waals surface area contributed by atoms with Gasteiger partial charge in [0, 0.05) is 19.6 Å². The zero-order valence-corrected chi connectivity index (χ0v) is 17.1. The first-order valence-corrected chi connectivity index (χ1v) is 10.1. The van der Waals surface area contributed by atoms with Crippen LogP contribution >= 0.6 is 0 Å². The molecule has 2 aromatic carbocycles. The van der Waals surface area contributed by atoms with Crippen LogP contribution in [0.5, 0.6) is 11.5 Å². The van der Waals surface area contributed by atoms with Crippen molar-refractivity contribution in [2.75, 3.05) is 19.9 Å². The third-order valence-corrected chi connectivity index (χ3v) is 5.10. The van der Waals surface area contributed by atoms with Crippen molar-refractivity contribution in [2.24, 2.45) is 0 Å². The Morgan fingerprint density at radius 1 is 1.03 bits per heavy atom. The summed E-state index contributed by atoms with van der Waals surface area (Å²) in [5.74, 6) is 2.29. The van der Waals surface area contributed by atoms with Crippen LogP contribution in [0.2, 0.25) is 0 Å². The van der Waals surface area contributed by atoms with E-state index in [-0.39, 0.29) is 13.4 Å². The first-order valence-electron chi connectivity index (χ1n) is 10.1. The van der Waals surface area contributed by atoms with E-state index in [1.807, 2.05) is 42.5 Å². The van der Waals surface area contributed by atoms with Gasteiger partial charge in [-0.2, -0.15) is 0 Å². The predicted octanol–water partition coefficient (Wildman–Crippen LogP) is 3.90. The van der Waals surface area contributed by atoms with Crippen LogP contribution in [0.4, 0.5) is 0 Å². The molecule has 6 heteroatoms. The van der Waals surface area contributed by atoms with Crippen LogP contribution in [0, 0.1) is 6.92 Å². The number of hydrogen-bond donors (Lipinski definition) is 1. The molecular weight excluding hydrogens is 382 g/mol. The van der Waals surface area contributed by atoms with Crippen LogP contribution in [0.25, 0.3) is 0 Å². The van der Waals surface area contributed by atoms with Gasteiger partial charge in [0.2, 0.25) is 6.79 Å². The highest BCUT2D eigenvalue weighted by molar-refractivity contribution is 5.44. The molecule has 0 unspecified atom stereocenters. The van der Waals surface area contributed by atoms with Gasteiger partial charge < -0.3 is 23.7 Å². The van der Waals surface area contributed by atoms with Crippen molar-refractivity contribution in [1.82, 2.24) is 4.90 Å². The Labute approximate surface area is 176 Å². The minimum absolute atomic E-state index is 0.242. The second-order valence-electron chi connectivity index (χ2n) is 7.53. The van der Waals surface area contributed by atoms with Crippen molar-refractivity contribution in [3.8, 4) is 11.5 Å². The number of aliphatic hydroxyl groups excluding tert-OH is 1. The number of ether oxygens (including phenoxy) is 3. The van der Waals surface area contributed by atoms with Gasteiger partial charge in [-0.05, 0) is 47.9 Å². The van der Waals surface area contributed by atoms with Crippen LogP contribution in [0.1, 0.15) is 22.5 Å². The number of hydrogen-bond acceptors (Lipinski definition) is 6. The maximum absolute atomic E-state index is 10.6. The van der Waals surface area contributed by atoms with Crippen molar-refractivity contribution in [1.29, 1.82) is 0 Å². The molecule has 0 saturated carbocycles. The van der Waals surface area contributed by atoms with Gasteiger partial charge in [0.05, 0.1) is 19.0 Å². The maximum Gasteiger partial charge on any atom is 0.231 e. The highest BCUT2D eigenvalue weighted by Crippen LogP contribution is 2.33. The Hall–Kier alpha value is -2.80. The fraction of sp³-hybridized carbons (Fsp3) is 0.333. The number of benzene rings is 2. The van der Waals surface area contributed by atoms with E-state index in [0.717, 1.165) is 29.4 Å². The summed E-state index contributed by atoms with van der Waals surface area (Å²) in [6, 6.07) is 18.0. The molecule has 1 N–H and O–H groups in total. The lowest BCUT2D eigenvalue weighted by Gasteiger charge is -2.26. The number of nitrogens with zero attached hydrogens (tertiary/aromatic N) is 1. The first kappa shape index (κ1) is 20.5. The van der Waals surface area contributed by atoms with Crippen molar-refractivity contribution in [3.63, 3.8) is 0 Å². The standard InChI is InChI=1S/C24H27NO5/c1-18-5-2-3-6-20(18)13-25(12-19-8-9-23-24(11-19)30-17-29-23)14-21(26)15-27-16-22-7-4-10-28-22/h2-11,21,26H,12-17H2,1H3/t21-/m0/s1. The highest BCUT2D eigenvalue weighted by Gasteiger charge is 2.17. The van der Waals surface area contributed by atoms with Gasteiger partial charge in [-0.1, -0.05) is 30.3 Å². The molecule has 0 aliphatic carbocycles. The quantitative estimate of drug-likeness (QED) is 0.548. The van der Waals surface area contributed by atoms with E-state index in [9.17, 15) is 5.11 Å². The van der Waals surface area contributed by atoms with E-state index in [1.165, 1.54) is 11.1 Å². The minimum atomic E-state index is -0.613. The molecule has 0 bridgehead atoms. The Bertz CT molecular complexity index is 941. The smallest absolute Gasteiger partial charge is 0.231 e. The van der Waals surface area contributed by atoms with Gasteiger partial charge in [-0.25, -0.2) is 0 Å². The molecule has 2 heterocycles. The molecule has 30 heavy (non-hydrogen) atoms. The number of fused-ring (bicyclic) bond motifs is 1. The largest absolute Gasteiger partial charge is 0.467 e. The minimum Gasteiger partial charge on any atom is -0.467 e. The summed E-state index contributed by atoms with van der Waals surface area (Å²) in [4.78, 5) is 2.22. The van der Waals surface area contributed by atoms with Crippen LogP contribution in [0.3, 0.4) is 0 Å². The summed E-state index contributed by atoms with van der Waals surface area (Å²) < 4.78 is 21.8. The summed E-state index contributed by atoms with van der Waals surface area (Å²) in [6.45, 7) is 4.86. The SMILES string of the molecule is Cc1ccccc1CN(Cc1ccc2c(c1)OCO2)C[C@H](O)COCc1ccco1. The fourth-order valence-corrected chi connectivity index (χ4v) is 3.55. The lowest BCUT2D eigenvalue weighted by molar-refractivity contribution is 0.00250. The summed E-state index contributed by atoms with van der Waals surface area (Å²) in [7, 11) is 0. The zero-order chi connectivity index (χ0) is 20.8. The van der Waals surface area contributed by atoms with Crippen molar-refractivity contribution in [3.05, 3.63) is 83.3 Å². The van der Waals surface area contributed by atoms with E-state index in [0.29, 0.717) is 19.7 Å². The normalized spacial score (nSPS) is 13.7. The van der Waals surface area contributed by atoms with Crippen LogP contribution < -0.4 is 9.47 Å². The second-order valence-corrected chi connectivity index (χ2v) is 7.53. The molecule has 4 rings (SSSR count). The third-order valence-electron chi connectivity index (χ3n) is 5.10. The second kappa shape index (κ2) is 9.80. The van der Waals surface area contributed by atoms with E-state index in [1.54, 1.807) is 6.26 Å². The van der Waals surface area contributed by atoms with E-state index < -0.39 is 6.10 Å². The molecule has 0 amide bonds. The van der Waals surface area contributed by atoms with Crippen molar-refractivity contribution in [2.45, 2.75) is 32.7 Å². The maximum atomic E-state index is 10.6. The van der Waals surface area contributed by atoms with Crippen molar-refractivity contribution >= 4 is 0 Å². The number of furan rings is 1. The molecule has 0 radical (unpaired) electrons. The van der Waals surface area contributed by atoms with Gasteiger partial charge in [0.1, 0.15) is 12.4 Å². The monoisotopic (exact) mass is 409 g/mol. The van der Waals surface area contributed by atoms with Gasteiger partial charge >= 0.3 is 0 Å². The lowest BCUT2D eigenvalue weighted by atomic mass is 10.1. The Balaban J connectivity index is 1.40. The van der Waals surface area contributed by atoms with Gasteiger partial charge in [-0.15, -0.1) is 0 Å². The summed E-state index contributed by atoms with van der Waals surface area (Å²) in [5.41, 5.74) is 3.58. The summed E-state index contributed by atoms with van der Waals surface area (Å²) >= 11 is 0. The van der Waals surface area contributed by atoms with Crippen LogP contribution in [0.15, 0.2) is 65.3 Å². The highest BCUT2D eigenvalue weighted by atomic mass is 16.7. The Kier molecular flexibility index (Phi) is 6.69. The molecule has 0 saturated heterocycles. The molecule has 1 atom stereocenters. The lowest BCUT2D eigenvalue weighted by Crippen LogP contribution is -2.34. The predicted molar refractivity (Wildman–Crippen MR) is 112 cm³/mol. The zero-order valence-electron chi connectivity index (χ0n) is 17.1. The summed E-state index contributed by atoms with van der Waals surface area (Å²) in [6.07, 6.45) is 1.00. The van der Waals surface area contributed by atoms with Crippen LogP contribution in [-0.4, -0.2) is 36.1 Å². The molecule has 3 aromatic rings. The third kappa shape index (κ3) is 5.42. The number of rotatable bonds is 10. The molecule has 0 spiro atoms. The fourth-order valence-electron chi connectivity index (χ4n) is 3.55. The van der Waals surface area contributed by atoms with Gasteiger partial charge in [0.25, 0.3) is 0 Å². The molecule has 0 fully saturated rings.